The molecule has 0 radical (unpaired) electrons. The van der Waals surface area contributed by atoms with E-state index in [9.17, 15) is 18.0 Å². The molecule has 31 heavy (non-hydrogen) atoms. The molecule has 0 unspecified atom stereocenters. The second-order valence-electron chi connectivity index (χ2n) is 7.29. The number of hydrogen-bond donors (Lipinski definition) is 0. The molecule has 1 aliphatic rings. The molecule has 1 aliphatic heterocycles. The molecule has 0 aliphatic carbocycles. The molecule has 10 heteroatoms. The molecule has 2 aromatic rings. The number of sulfonamides is 1. The molecular weight excluding hydrogens is 438 g/mol. The van der Waals surface area contributed by atoms with Gasteiger partial charge in [-0.1, -0.05) is 12.1 Å². The number of aromatic nitrogens is 1. The van der Waals surface area contributed by atoms with Crippen LogP contribution in [-0.4, -0.2) is 60.7 Å². The maximum Gasteiger partial charge on any atom is 0.307 e. The lowest BCUT2D eigenvalue weighted by molar-refractivity contribution is -0.145. The van der Waals surface area contributed by atoms with Gasteiger partial charge in [0.2, 0.25) is 5.91 Å². The Morgan fingerprint density at radius 2 is 2.03 bits per heavy atom. The predicted molar refractivity (Wildman–Crippen MR) is 117 cm³/mol. The smallest absolute Gasteiger partial charge is 0.307 e. The predicted octanol–water partition coefficient (Wildman–Crippen LogP) is 2.53. The second kappa shape index (κ2) is 10.8. The van der Waals surface area contributed by atoms with Crippen LogP contribution in [0.25, 0.3) is 0 Å². The summed E-state index contributed by atoms with van der Waals surface area (Å²) in [6, 6.07) is 7.00. The van der Waals surface area contributed by atoms with E-state index in [0.29, 0.717) is 43.3 Å². The molecule has 0 aromatic carbocycles. The molecular formula is C21H27N3O5S2. The van der Waals surface area contributed by atoms with Crippen LogP contribution in [0.3, 0.4) is 0 Å². The van der Waals surface area contributed by atoms with Crippen molar-refractivity contribution in [3.05, 3.63) is 47.6 Å². The van der Waals surface area contributed by atoms with Crippen molar-refractivity contribution in [2.45, 2.75) is 36.9 Å². The van der Waals surface area contributed by atoms with Crippen LogP contribution in [0.5, 0.6) is 0 Å². The highest BCUT2D eigenvalue weighted by atomic mass is 32.2. The minimum absolute atomic E-state index is 0.0682. The molecule has 3 rings (SSSR count). The van der Waals surface area contributed by atoms with Crippen LogP contribution in [-0.2, 0) is 30.9 Å². The summed E-state index contributed by atoms with van der Waals surface area (Å²) in [5.74, 6) is -0.696. The van der Waals surface area contributed by atoms with Crippen LogP contribution in [0.1, 0.15) is 31.7 Å². The Bertz CT molecular complexity index is 956. The first-order valence-electron chi connectivity index (χ1n) is 10.3. The van der Waals surface area contributed by atoms with Crippen molar-refractivity contribution in [3.63, 3.8) is 0 Å². The van der Waals surface area contributed by atoms with Crippen molar-refractivity contribution in [1.82, 2.24) is 14.2 Å². The Morgan fingerprint density at radius 3 is 2.65 bits per heavy atom. The van der Waals surface area contributed by atoms with Gasteiger partial charge in [-0.15, -0.1) is 11.3 Å². The van der Waals surface area contributed by atoms with E-state index in [-0.39, 0.29) is 30.8 Å². The highest BCUT2D eigenvalue weighted by Crippen LogP contribution is 2.27. The quantitative estimate of drug-likeness (QED) is 0.528. The lowest BCUT2D eigenvalue weighted by atomic mass is 9.96. The molecule has 1 fully saturated rings. The number of ether oxygens (including phenoxy) is 1. The van der Waals surface area contributed by atoms with Crippen molar-refractivity contribution >= 4 is 33.2 Å². The molecule has 0 atom stereocenters. The molecule has 3 heterocycles. The Labute approximate surface area is 186 Å². The van der Waals surface area contributed by atoms with E-state index in [2.05, 4.69) is 4.98 Å². The maximum atomic E-state index is 13.2. The van der Waals surface area contributed by atoms with Gasteiger partial charge in [0.25, 0.3) is 10.0 Å². The number of hydrogen-bond acceptors (Lipinski definition) is 7. The Hall–Kier alpha value is -2.30. The third kappa shape index (κ3) is 6.11. The highest BCUT2D eigenvalue weighted by Gasteiger charge is 2.34. The molecule has 8 nitrogen and oxygen atoms in total. The zero-order chi connectivity index (χ0) is 22.3. The molecule has 0 N–H and O–H groups in total. The molecule has 0 bridgehead atoms. The van der Waals surface area contributed by atoms with E-state index in [4.69, 9.17) is 4.74 Å². The first kappa shape index (κ1) is 23.4. The van der Waals surface area contributed by atoms with Crippen LogP contribution in [0.15, 0.2) is 46.2 Å². The molecule has 2 aromatic heterocycles. The number of rotatable bonds is 9. The Kier molecular flexibility index (Phi) is 8.16. The van der Waals surface area contributed by atoms with E-state index in [1.54, 1.807) is 47.8 Å². The normalized spacial score (nSPS) is 15.5. The Balaban J connectivity index is 1.64. The number of pyridine rings is 1. The van der Waals surface area contributed by atoms with Crippen molar-refractivity contribution in [2.75, 3.05) is 26.2 Å². The molecule has 0 spiro atoms. The van der Waals surface area contributed by atoms with Gasteiger partial charge in [-0.2, -0.15) is 4.31 Å². The second-order valence-corrected chi connectivity index (χ2v) is 10.4. The highest BCUT2D eigenvalue weighted by molar-refractivity contribution is 7.91. The Morgan fingerprint density at radius 1 is 1.26 bits per heavy atom. The number of piperidine rings is 1. The summed E-state index contributed by atoms with van der Waals surface area (Å²) >= 11 is 1.20. The van der Waals surface area contributed by atoms with E-state index in [0.717, 1.165) is 5.56 Å². The van der Waals surface area contributed by atoms with Crippen LogP contribution in [0, 0.1) is 5.92 Å². The first-order chi connectivity index (χ1) is 14.9. The number of nitrogens with zero attached hydrogens (tertiary/aromatic N) is 3. The maximum absolute atomic E-state index is 13.2. The zero-order valence-electron chi connectivity index (χ0n) is 17.5. The van der Waals surface area contributed by atoms with Gasteiger partial charge in [0.05, 0.1) is 13.0 Å². The van der Waals surface area contributed by atoms with Crippen molar-refractivity contribution in [2.24, 2.45) is 5.92 Å². The molecule has 0 saturated carbocycles. The molecule has 168 valence electrons. The summed E-state index contributed by atoms with van der Waals surface area (Å²) < 4.78 is 32.2. The SMILES string of the molecule is CCOC(=O)CCN(Cc1cccnc1)C(=O)C1CCN(S(=O)(=O)c2cccs2)CC1. The van der Waals surface area contributed by atoms with Crippen LogP contribution >= 0.6 is 11.3 Å². The van der Waals surface area contributed by atoms with Gasteiger partial charge >= 0.3 is 5.97 Å². The van der Waals surface area contributed by atoms with Crippen molar-refractivity contribution < 1.29 is 22.7 Å². The standard InChI is InChI=1S/C21H27N3O5S2/c1-2-29-19(25)9-11-23(16-17-5-3-10-22-15-17)21(26)18-7-12-24(13-8-18)31(27,28)20-6-4-14-30-20/h3-6,10,14-15,18H,2,7-9,11-13,16H2,1H3. The third-order valence-corrected chi connectivity index (χ3v) is 8.46. The van der Waals surface area contributed by atoms with E-state index >= 15 is 0 Å². The van der Waals surface area contributed by atoms with Gasteiger partial charge in [-0.05, 0) is 42.8 Å². The average molecular weight is 466 g/mol. The minimum Gasteiger partial charge on any atom is -0.466 e. The van der Waals surface area contributed by atoms with Gasteiger partial charge < -0.3 is 9.64 Å². The monoisotopic (exact) mass is 465 g/mol. The number of amides is 1. The van der Waals surface area contributed by atoms with E-state index < -0.39 is 10.0 Å². The fraction of sp³-hybridized carbons (Fsp3) is 0.476. The van der Waals surface area contributed by atoms with Crippen LogP contribution in [0.2, 0.25) is 0 Å². The number of carbonyl (C=O) groups is 2. The lowest BCUT2D eigenvalue weighted by Crippen LogP contribution is -2.44. The summed E-state index contributed by atoms with van der Waals surface area (Å²) in [7, 11) is -3.51. The number of thiophene rings is 1. The van der Waals surface area contributed by atoms with Crippen molar-refractivity contribution in [1.29, 1.82) is 0 Å². The summed E-state index contributed by atoms with van der Waals surface area (Å²) in [4.78, 5) is 30.8. The van der Waals surface area contributed by atoms with Gasteiger partial charge in [0, 0.05) is 44.5 Å². The van der Waals surface area contributed by atoms with Gasteiger partial charge in [0.15, 0.2) is 0 Å². The zero-order valence-corrected chi connectivity index (χ0v) is 19.1. The number of esters is 1. The van der Waals surface area contributed by atoms with Gasteiger partial charge in [0.1, 0.15) is 4.21 Å². The van der Waals surface area contributed by atoms with E-state index in [1.165, 1.54) is 15.6 Å². The largest absolute Gasteiger partial charge is 0.466 e. The summed E-state index contributed by atoms with van der Waals surface area (Å²) in [5, 5.41) is 1.74. The summed E-state index contributed by atoms with van der Waals surface area (Å²) in [6.45, 7) is 3.24. The summed E-state index contributed by atoms with van der Waals surface area (Å²) in [6.07, 6.45) is 4.38. The van der Waals surface area contributed by atoms with Crippen LogP contribution in [0.4, 0.5) is 0 Å². The summed E-state index contributed by atoms with van der Waals surface area (Å²) in [5.41, 5.74) is 0.873. The molecule has 1 amide bonds. The lowest BCUT2D eigenvalue weighted by Gasteiger charge is -2.33. The van der Waals surface area contributed by atoms with Crippen LogP contribution < -0.4 is 0 Å². The van der Waals surface area contributed by atoms with Gasteiger partial charge in [-0.3, -0.25) is 14.6 Å². The first-order valence-corrected chi connectivity index (χ1v) is 12.6. The number of carbonyl (C=O) groups excluding carboxylic acids is 2. The van der Waals surface area contributed by atoms with Gasteiger partial charge in [-0.25, -0.2) is 8.42 Å². The van der Waals surface area contributed by atoms with E-state index in [1.807, 2.05) is 6.07 Å². The minimum atomic E-state index is -3.51. The van der Waals surface area contributed by atoms with Crippen molar-refractivity contribution in [3.8, 4) is 0 Å². The topological polar surface area (TPSA) is 96.9 Å². The molecule has 1 saturated heterocycles. The third-order valence-electron chi connectivity index (χ3n) is 5.19. The fourth-order valence-electron chi connectivity index (χ4n) is 3.58. The fourth-order valence-corrected chi connectivity index (χ4v) is 6.19. The average Bonchev–Trinajstić information content (AvgIpc) is 3.33.